The molecule has 5 heterocycles. The number of piperidine rings is 1. The number of amides is 6. The van der Waals surface area contributed by atoms with Crippen LogP contribution in [0, 0.1) is 0 Å². The van der Waals surface area contributed by atoms with Crippen LogP contribution in [0.3, 0.4) is 0 Å². The maximum absolute atomic E-state index is 13.3. The van der Waals surface area contributed by atoms with Crippen LogP contribution in [0.4, 0.5) is 11.4 Å². The van der Waals surface area contributed by atoms with Gasteiger partial charge >= 0.3 is 0 Å². The molecule has 0 aliphatic carbocycles. The van der Waals surface area contributed by atoms with Crippen LogP contribution in [-0.4, -0.2) is 97.2 Å². The molecule has 3 aliphatic rings. The lowest BCUT2D eigenvalue weighted by molar-refractivity contribution is -0.136. The Labute approximate surface area is 315 Å². The van der Waals surface area contributed by atoms with Gasteiger partial charge in [0.25, 0.3) is 17.7 Å². The van der Waals surface area contributed by atoms with Gasteiger partial charge in [-0.3, -0.25) is 48.6 Å². The van der Waals surface area contributed by atoms with Crippen LogP contribution in [0.2, 0.25) is 0 Å². The molecule has 1 atom stereocenters. The Morgan fingerprint density at radius 2 is 1.80 bits per heavy atom. The second kappa shape index (κ2) is 15.1. The zero-order chi connectivity index (χ0) is 38.1. The third-order valence-electron chi connectivity index (χ3n) is 10.3. The zero-order valence-corrected chi connectivity index (χ0v) is 30.0. The van der Waals surface area contributed by atoms with Gasteiger partial charge in [-0.1, -0.05) is 6.07 Å². The molecule has 2 saturated heterocycles. The predicted molar refractivity (Wildman–Crippen MR) is 202 cm³/mol. The lowest BCUT2D eigenvalue weighted by atomic mass is 10.0. The second-order valence-electron chi connectivity index (χ2n) is 14.0. The lowest BCUT2D eigenvalue weighted by Gasteiger charge is -2.27. The summed E-state index contributed by atoms with van der Waals surface area (Å²) in [5, 5.41) is 16.5. The van der Waals surface area contributed by atoms with Gasteiger partial charge in [0.2, 0.25) is 17.7 Å². The maximum atomic E-state index is 13.3. The summed E-state index contributed by atoms with van der Waals surface area (Å²) in [5.41, 5.74) is 4.53. The van der Waals surface area contributed by atoms with Crippen LogP contribution in [0.25, 0.3) is 21.9 Å². The molecular weight excluding hydrogens is 704 g/mol. The van der Waals surface area contributed by atoms with Gasteiger partial charge < -0.3 is 20.9 Å². The lowest BCUT2D eigenvalue weighted by Crippen LogP contribution is -2.54. The summed E-state index contributed by atoms with van der Waals surface area (Å²) >= 11 is 0. The van der Waals surface area contributed by atoms with E-state index >= 15 is 0 Å². The first-order valence-corrected chi connectivity index (χ1v) is 18.5. The van der Waals surface area contributed by atoms with E-state index in [9.17, 15) is 28.8 Å². The summed E-state index contributed by atoms with van der Waals surface area (Å²) < 4.78 is 1.77. The topological polar surface area (TPSA) is 204 Å². The molecule has 16 nitrogen and oxygen atoms in total. The molecule has 2 aromatic heterocycles. The number of nitrogens with one attached hydrogen (secondary N) is 5. The smallest absolute Gasteiger partial charge is 0.264 e. The first kappa shape index (κ1) is 35.6. The highest BCUT2D eigenvalue weighted by molar-refractivity contribution is 6.25. The number of nitrogens with zero attached hydrogens (tertiary/aromatic N) is 5. The van der Waals surface area contributed by atoms with Crippen molar-refractivity contribution in [3.63, 3.8) is 0 Å². The summed E-state index contributed by atoms with van der Waals surface area (Å²) in [6, 6.07) is 14.9. The van der Waals surface area contributed by atoms with Crippen LogP contribution < -0.4 is 21.3 Å². The van der Waals surface area contributed by atoms with Gasteiger partial charge in [-0.2, -0.15) is 5.10 Å². The predicted octanol–water partition coefficient (Wildman–Crippen LogP) is 3.17. The summed E-state index contributed by atoms with van der Waals surface area (Å²) in [6.45, 7) is 4.11. The number of hydrogen-bond donors (Lipinski definition) is 5. The Morgan fingerprint density at radius 1 is 0.945 bits per heavy atom. The highest BCUT2D eigenvalue weighted by Crippen LogP contribution is 2.32. The Hall–Kier alpha value is -6.42. The van der Waals surface area contributed by atoms with Gasteiger partial charge in [0.05, 0.1) is 47.0 Å². The number of carbonyl (C=O) groups is 6. The summed E-state index contributed by atoms with van der Waals surface area (Å²) in [5.74, 6) is -1.73. The Balaban J connectivity index is 0.794. The van der Waals surface area contributed by atoms with Gasteiger partial charge in [-0.05, 0) is 87.3 Å². The van der Waals surface area contributed by atoms with Crippen molar-refractivity contribution in [2.75, 3.05) is 36.8 Å². The molecule has 6 amide bonds. The third-order valence-corrected chi connectivity index (χ3v) is 10.3. The number of fused-ring (bicyclic) bond motifs is 3. The molecule has 3 aromatic carbocycles. The monoisotopic (exact) mass is 744 g/mol. The minimum absolute atomic E-state index is 0.0442. The van der Waals surface area contributed by atoms with Crippen molar-refractivity contribution < 1.29 is 28.8 Å². The number of anilines is 2. The number of likely N-dealkylation sites (tertiary alicyclic amines) is 1. The van der Waals surface area contributed by atoms with Gasteiger partial charge in [-0.15, -0.1) is 0 Å². The molecule has 16 heteroatoms. The first-order valence-electron chi connectivity index (χ1n) is 18.5. The van der Waals surface area contributed by atoms with Gasteiger partial charge in [0.1, 0.15) is 11.9 Å². The van der Waals surface area contributed by atoms with Gasteiger partial charge in [0, 0.05) is 48.3 Å². The Kier molecular flexibility index (Phi) is 9.80. The molecule has 8 rings (SSSR count). The van der Waals surface area contributed by atoms with E-state index < -0.39 is 29.7 Å². The van der Waals surface area contributed by atoms with Crippen molar-refractivity contribution in [3.05, 3.63) is 83.3 Å². The van der Waals surface area contributed by atoms with Crippen molar-refractivity contribution in [1.29, 1.82) is 0 Å². The highest BCUT2D eigenvalue weighted by atomic mass is 16.2. The van der Waals surface area contributed by atoms with Crippen molar-refractivity contribution in [3.8, 4) is 0 Å². The molecule has 5 aromatic rings. The molecule has 282 valence electrons. The highest BCUT2D eigenvalue weighted by Gasteiger charge is 2.45. The van der Waals surface area contributed by atoms with Gasteiger partial charge in [0.15, 0.2) is 0 Å². The first-order chi connectivity index (χ1) is 26.7. The van der Waals surface area contributed by atoms with Crippen LogP contribution in [0.5, 0.6) is 0 Å². The molecule has 5 N–H and O–H groups in total. The minimum Gasteiger partial charge on any atom is -0.384 e. The van der Waals surface area contributed by atoms with Crippen molar-refractivity contribution in [2.24, 2.45) is 0 Å². The molecule has 2 fully saturated rings. The molecule has 0 saturated carbocycles. The standard InChI is InChI=1S/C39H40N10O6/c50-33(7-4-14-40-28-6-3-5-26-35(28)39(55)49(38(26)54)31-12-13-34(51)46-37(31)53)41-15-18-48-30-11-8-23(19-24(30)21-42-48)36(52)43-25-9-10-27-29(20-25)45-32(44-27)22-47-16-1-2-17-47/h3,5-6,8-11,19-21,31,40H,1-2,4,7,12-18,22H2,(H,41,50)(H,43,52)(H,44,45)(H,46,51,53). The quantitative estimate of drug-likeness (QED) is 0.0880. The summed E-state index contributed by atoms with van der Waals surface area (Å²) in [6.07, 6.45) is 4.94. The number of imidazole rings is 1. The fraction of sp³-hybridized carbons (Fsp3) is 0.333. The summed E-state index contributed by atoms with van der Waals surface area (Å²) in [4.78, 5) is 87.5. The summed E-state index contributed by atoms with van der Waals surface area (Å²) in [7, 11) is 0. The molecule has 3 aliphatic heterocycles. The average Bonchev–Trinajstić information content (AvgIpc) is 3.97. The van der Waals surface area contributed by atoms with E-state index in [1.54, 1.807) is 35.1 Å². The second-order valence-corrected chi connectivity index (χ2v) is 14.0. The Morgan fingerprint density at radius 3 is 2.64 bits per heavy atom. The largest absolute Gasteiger partial charge is 0.384 e. The van der Waals surface area contributed by atoms with Crippen LogP contribution in [0.1, 0.15) is 75.4 Å². The molecule has 0 bridgehead atoms. The zero-order valence-electron chi connectivity index (χ0n) is 30.0. The normalized spacial score (nSPS) is 17.2. The van der Waals surface area contributed by atoms with E-state index in [1.165, 1.54) is 18.9 Å². The van der Waals surface area contributed by atoms with E-state index in [0.717, 1.165) is 52.3 Å². The number of carbonyl (C=O) groups excluding carboxylic acids is 6. The molecule has 1 unspecified atom stereocenters. The SMILES string of the molecule is O=C(CCCNc1cccc2c1C(=O)N(C1CCC(=O)NC1=O)C2=O)NCCn1ncc2cc(C(=O)Nc3ccc4[nH]c(CN5CCCC5)nc4c3)ccc21. The number of benzene rings is 3. The molecule has 55 heavy (non-hydrogen) atoms. The van der Waals surface area contributed by atoms with Crippen molar-refractivity contribution in [1.82, 2.24) is 40.2 Å². The van der Waals surface area contributed by atoms with Gasteiger partial charge in [-0.25, -0.2) is 4.98 Å². The number of aromatic nitrogens is 4. The van der Waals surface area contributed by atoms with E-state index in [1.807, 2.05) is 24.3 Å². The minimum atomic E-state index is -1.04. The molecular formula is C39H40N10O6. The Bertz CT molecular complexity index is 2360. The van der Waals surface area contributed by atoms with Crippen LogP contribution in [0.15, 0.2) is 60.8 Å². The van der Waals surface area contributed by atoms with E-state index in [2.05, 4.69) is 36.2 Å². The maximum Gasteiger partial charge on any atom is 0.264 e. The number of rotatable bonds is 13. The molecule has 0 radical (unpaired) electrons. The van der Waals surface area contributed by atoms with Crippen LogP contribution >= 0.6 is 0 Å². The van der Waals surface area contributed by atoms with Crippen molar-refractivity contribution >= 4 is 68.8 Å². The third kappa shape index (κ3) is 7.40. The number of aromatic amines is 1. The number of hydrogen-bond acceptors (Lipinski definition) is 10. The van der Waals surface area contributed by atoms with E-state index in [0.29, 0.717) is 43.0 Å². The fourth-order valence-electron chi connectivity index (χ4n) is 7.50. The van der Waals surface area contributed by atoms with Crippen molar-refractivity contribution in [2.45, 2.75) is 57.7 Å². The van der Waals surface area contributed by atoms with E-state index in [4.69, 9.17) is 4.98 Å². The molecule has 0 spiro atoms. The fourth-order valence-corrected chi connectivity index (χ4v) is 7.50. The average molecular weight is 745 g/mol. The number of H-pyrrole nitrogens is 1. The van der Waals surface area contributed by atoms with E-state index in [-0.39, 0.29) is 42.2 Å². The van der Waals surface area contributed by atoms with Crippen LogP contribution in [-0.2, 0) is 27.5 Å². The number of imide groups is 2.